The van der Waals surface area contributed by atoms with Crippen molar-refractivity contribution >= 4 is 34.0 Å². The lowest BCUT2D eigenvalue weighted by Gasteiger charge is -2.57. The van der Waals surface area contributed by atoms with Crippen LogP contribution in [0.25, 0.3) is 10.8 Å². The van der Waals surface area contributed by atoms with E-state index in [0.717, 1.165) is 28.5 Å². The van der Waals surface area contributed by atoms with E-state index in [2.05, 4.69) is 16.7 Å². The van der Waals surface area contributed by atoms with Crippen molar-refractivity contribution in [2.24, 2.45) is 17.8 Å². The summed E-state index contributed by atoms with van der Waals surface area (Å²) in [7, 11) is 0. The van der Waals surface area contributed by atoms with Crippen LogP contribution in [0, 0.1) is 17.8 Å². The van der Waals surface area contributed by atoms with E-state index in [9.17, 15) is 4.79 Å². The predicted octanol–water partition coefficient (Wildman–Crippen LogP) is 4.41. The first-order valence-electron chi connectivity index (χ1n) is 9.71. The SMILES string of the molecule is O=C(NC(=S)NC12CC3CC(CC(C3)C1)C2)c1ccc2ccccc2c1. The molecular weight excluding hydrogens is 340 g/mol. The number of amides is 1. The standard InChI is InChI=1S/C22H24N2OS/c25-20(19-6-5-17-3-1-2-4-18(17)10-19)23-21(26)24-22-11-14-7-15(12-22)9-16(8-14)13-22/h1-6,10,14-16H,7-9,11-13H2,(H2,23,24,25,26). The molecular formula is C22H24N2OS. The van der Waals surface area contributed by atoms with Crippen molar-refractivity contribution in [2.75, 3.05) is 0 Å². The molecule has 26 heavy (non-hydrogen) atoms. The van der Waals surface area contributed by atoms with Gasteiger partial charge in [-0.25, -0.2) is 0 Å². The predicted molar refractivity (Wildman–Crippen MR) is 108 cm³/mol. The van der Waals surface area contributed by atoms with Gasteiger partial charge in [-0.2, -0.15) is 0 Å². The van der Waals surface area contributed by atoms with Gasteiger partial charge < -0.3 is 5.32 Å². The maximum atomic E-state index is 12.6. The molecule has 0 unspecified atom stereocenters. The minimum Gasteiger partial charge on any atom is -0.357 e. The molecule has 6 rings (SSSR count). The van der Waals surface area contributed by atoms with E-state index in [-0.39, 0.29) is 11.4 Å². The van der Waals surface area contributed by atoms with Crippen molar-refractivity contribution < 1.29 is 4.79 Å². The molecule has 0 aromatic heterocycles. The molecule has 0 spiro atoms. The van der Waals surface area contributed by atoms with Gasteiger partial charge >= 0.3 is 0 Å². The fourth-order valence-corrected chi connectivity index (χ4v) is 6.35. The van der Waals surface area contributed by atoms with Gasteiger partial charge in [-0.05, 0) is 91.4 Å². The van der Waals surface area contributed by atoms with Crippen LogP contribution in [0.15, 0.2) is 42.5 Å². The summed E-state index contributed by atoms with van der Waals surface area (Å²) < 4.78 is 0. The number of hydrogen-bond acceptors (Lipinski definition) is 2. The number of carbonyl (C=O) groups is 1. The monoisotopic (exact) mass is 364 g/mol. The highest BCUT2D eigenvalue weighted by molar-refractivity contribution is 7.80. The van der Waals surface area contributed by atoms with Gasteiger partial charge in [0.15, 0.2) is 5.11 Å². The zero-order chi connectivity index (χ0) is 17.7. The van der Waals surface area contributed by atoms with Crippen LogP contribution in [0.4, 0.5) is 0 Å². The third-order valence-electron chi connectivity index (χ3n) is 6.66. The van der Waals surface area contributed by atoms with E-state index in [1.807, 2.05) is 36.4 Å². The van der Waals surface area contributed by atoms with E-state index in [1.54, 1.807) is 0 Å². The summed E-state index contributed by atoms with van der Waals surface area (Å²) in [6.07, 6.45) is 7.84. The Labute approximate surface area is 159 Å². The van der Waals surface area contributed by atoms with Crippen LogP contribution in [0.2, 0.25) is 0 Å². The van der Waals surface area contributed by atoms with Crippen LogP contribution < -0.4 is 10.6 Å². The van der Waals surface area contributed by atoms with Gasteiger partial charge in [-0.1, -0.05) is 30.3 Å². The first-order valence-corrected chi connectivity index (χ1v) is 10.1. The van der Waals surface area contributed by atoms with Gasteiger partial charge in [-0.3, -0.25) is 10.1 Å². The molecule has 0 aliphatic heterocycles. The second-order valence-corrected chi connectivity index (χ2v) is 9.08. The molecule has 2 N–H and O–H groups in total. The number of nitrogens with one attached hydrogen (secondary N) is 2. The molecule has 1 amide bonds. The number of hydrogen-bond donors (Lipinski definition) is 2. The summed E-state index contributed by atoms with van der Waals surface area (Å²) in [4.78, 5) is 12.6. The number of benzene rings is 2. The number of fused-ring (bicyclic) bond motifs is 1. The Balaban J connectivity index is 1.28. The van der Waals surface area contributed by atoms with Crippen LogP contribution in [-0.4, -0.2) is 16.6 Å². The first-order chi connectivity index (χ1) is 12.6. The van der Waals surface area contributed by atoms with Crippen LogP contribution in [0.3, 0.4) is 0 Å². The normalized spacial score (nSPS) is 31.8. The molecule has 0 heterocycles. The molecule has 2 aromatic rings. The third kappa shape index (κ3) is 2.90. The maximum Gasteiger partial charge on any atom is 0.257 e. The van der Waals surface area contributed by atoms with E-state index >= 15 is 0 Å². The van der Waals surface area contributed by atoms with Crippen molar-refractivity contribution in [1.29, 1.82) is 0 Å². The minimum absolute atomic E-state index is 0.127. The average molecular weight is 365 g/mol. The van der Waals surface area contributed by atoms with Gasteiger partial charge in [0.05, 0.1) is 0 Å². The van der Waals surface area contributed by atoms with Crippen LogP contribution in [0.5, 0.6) is 0 Å². The molecule has 134 valence electrons. The molecule has 4 fully saturated rings. The first kappa shape index (κ1) is 16.2. The Hall–Kier alpha value is -1.94. The smallest absolute Gasteiger partial charge is 0.257 e. The van der Waals surface area contributed by atoms with Crippen molar-refractivity contribution in [3.8, 4) is 0 Å². The lowest BCUT2D eigenvalue weighted by atomic mass is 9.53. The zero-order valence-electron chi connectivity index (χ0n) is 14.8. The van der Waals surface area contributed by atoms with Gasteiger partial charge in [0.25, 0.3) is 5.91 Å². The minimum atomic E-state index is -0.127. The Morgan fingerprint density at radius 3 is 2.19 bits per heavy atom. The molecule has 4 heteroatoms. The van der Waals surface area contributed by atoms with E-state index < -0.39 is 0 Å². The molecule has 0 atom stereocenters. The Bertz CT molecular complexity index is 855. The Morgan fingerprint density at radius 2 is 1.54 bits per heavy atom. The van der Waals surface area contributed by atoms with Crippen molar-refractivity contribution in [1.82, 2.24) is 10.6 Å². The lowest BCUT2D eigenvalue weighted by Crippen LogP contribution is -2.61. The van der Waals surface area contributed by atoms with E-state index in [1.165, 1.54) is 38.5 Å². The summed E-state index contributed by atoms with van der Waals surface area (Å²) in [5.74, 6) is 2.44. The largest absolute Gasteiger partial charge is 0.357 e. The molecule has 0 saturated heterocycles. The van der Waals surface area contributed by atoms with Crippen molar-refractivity contribution in [2.45, 2.75) is 44.1 Å². The maximum absolute atomic E-state index is 12.6. The zero-order valence-corrected chi connectivity index (χ0v) is 15.6. The van der Waals surface area contributed by atoms with Gasteiger partial charge in [0.2, 0.25) is 0 Å². The second-order valence-electron chi connectivity index (χ2n) is 8.67. The second kappa shape index (κ2) is 6.05. The van der Waals surface area contributed by atoms with Gasteiger partial charge in [0, 0.05) is 11.1 Å². The highest BCUT2D eigenvalue weighted by atomic mass is 32.1. The van der Waals surface area contributed by atoms with Gasteiger partial charge in [-0.15, -0.1) is 0 Å². The summed E-state index contributed by atoms with van der Waals surface area (Å²) >= 11 is 5.52. The topological polar surface area (TPSA) is 41.1 Å². The Morgan fingerprint density at radius 1 is 0.923 bits per heavy atom. The number of carbonyl (C=O) groups excluding carboxylic acids is 1. The molecule has 3 nitrogen and oxygen atoms in total. The molecule has 4 saturated carbocycles. The van der Waals surface area contributed by atoms with E-state index in [4.69, 9.17) is 12.2 Å². The quantitative estimate of drug-likeness (QED) is 0.776. The third-order valence-corrected chi connectivity index (χ3v) is 6.86. The van der Waals surface area contributed by atoms with E-state index in [0.29, 0.717) is 10.7 Å². The van der Waals surface area contributed by atoms with Crippen LogP contribution in [0.1, 0.15) is 48.9 Å². The lowest BCUT2D eigenvalue weighted by molar-refractivity contribution is -0.0101. The highest BCUT2D eigenvalue weighted by Gasteiger charge is 2.51. The fraction of sp³-hybridized carbons (Fsp3) is 0.455. The number of rotatable bonds is 2. The highest BCUT2D eigenvalue weighted by Crippen LogP contribution is 2.55. The molecule has 2 aromatic carbocycles. The Kier molecular flexibility index (Phi) is 3.78. The molecule has 4 aliphatic carbocycles. The van der Waals surface area contributed by atoms with Crippen LogP contribution >= 0.6 is 12.2 Å². The summed E-state index contributed by atoms with van der Waals surface area (Å²) in [6.45, 7) is 0. The average Bonchev–Trinajstić information content (AvgIpc) is 2.59. The van der Waals surface area contributed by atoms with Crippen molar-refractivity contribution in [3.05, 3.63) is 48.0 Å². The summed E-state index contributed by atoms with van der Waals surface area (Å²) in [5, 5.41) is 9.18. The summed E-state index contributed by atoms with van der Waals surface area (Å²) in [6, 6.07) is 13.9. The number of thiocarbonyl (C=S) groups is 1. The molecule has 4 aliphatic rings. The fourth-order valence-electron chi connectivity index (χ4n) is 6.04. The van der Waals surface area contributed by atoms with Crippen LogP contribution in [-0.2, 0) is 0 Å². The molecule has 0 radical (unpaired) electrons. The van der Waals surface area contributed by atoms with Crippen molar-refractivity contribution in [3.63, 3.8) is 0 Å². The summed E-state index contributed by atoms with van der Waals surface area (Å²) in [5.41, 5.74) is 0.779. The van der Waals surface area contributed by atoms with Gasteiger partial charge in [0.1, 0.15) is 0 Å². The molecule has 4 bridgehead atoms.